The molecule has 3 rings (SSSR count). The summed E-state index contributed by atoms with van der Waals surface area (Å²) in [7, 11) is 0. The third-order valence-electron chi connectivity index (χ3n) is 4.29. The first-order valence-electron chi connectivity index (χ1n) is 8.15. The summed E-state index contributed by atoms with van der Waals surface area (Å²) in [5.74, 6) is -0.146. The minimum atomic E-state index is -0.893. The van der Waals surface area contributed by atoms with E-state index in [1.54, 1.807) is 12.0 Å². The molecule has 0 aliphatic carbocycles. The number of hydrogen-bond acceptors (Lipinski definition) is 5. The molecular weight excluding hydrogens is 306 g/mol. The van der Waals surface area contributed by atoms with Crippen molar-refractivity contribution in [2.75, 3.05) is 6.54 Å². The van der Waals surface area contributed by atoms with Gasteiger partial charge in [-0.15, -0.1) is 0 Å². The third kappa shape index (κ3) is 3.62. The molecule has 1 aromatic carbocycles. The number of nitrogens with two attached hydrogens (primary N) is 1. The number of benzene rings is 1. The molecule has 4 atom stereocenters. The van der Waals surface area contributed by atoms with E-state index >= 15 is 0 Å². The van der Waals surface area contributed by atoms with E-state index in [0.717, 1.165) is 5.56 Å². The molecule has 2 heterocycles. The Morgan fingerprint density at radius 2 is 2.00 bits per heavy atom. The van der Waals surface area contributed by atoms with Gasteiger partial charge in [0.2, 0.25) is 5.91 Å². The van der Waals surface area contributed by atoms with Crippen molar-refractivity contribution in [2.45, 2.75) is 65.5 Å². The van der Waals surface area contributed by atoms with Gasteiger partial charge in [0.05, 0.1) is 18.2 Å². The Bertz CT molecular complexity index is 547. The van der Waals surface area contributed by atoms with E-state index in [9.17, 15) is 9.90 Å². The maximum absolute atomic E-state index is 12.1. The lowest BCUT2D eigenvalue weighted by Crippen LogP contribution is -2.59. The molecule has 0 radical (unpaired) electrons. The highest BCUT2D eigenvalue weighted by Gasteiger charge is 2.61. The number of aliphatic hydroxyl groups is 1. The van der Waals surface area contributed by atoms with Gasteiger partial charge in [-0.05, 0) is 19.4 Å². The molecule has 2 aliphatic heterocycles. The van der Waals surface area contributed by atoms with Crippen molar-refractivity contribution in [3.05, 3.63) is 35.4 Å². The summed E-state index contributed by atoms with van der Waals surface area (Å²) in [6, 6.07) is 7.46. The first-order valence-corrected chi connectivity index (χ1v) is 8.15. The highest BCUT2D eigenvalue weighted by Crippen LogP contribution is 2.35. The zero-order valence-corrected chi connectivity index (χ0v) is 14.2. The van der Waals surface area contributed by atoms with Crippen molar-refractivity contribution in [1.29, 1.82) is 0 Å². The summed E-state index contributed by atoms with van der Waals surface area (Å²) >= 11 is 0. The number of hydrogen-bond donors (Lipinski definition) is 3. The number of aryl methyl sites for hydroxylation is 1. The molecule has 0 aromatic heterocycles. The first kappa shape index (κ1) is 20.6. The molecule has 0 bridgehead atoms. The molecular formula is C18H31N3O3. The van der Waals surface area contributed by atoms with Crippen LogP contribution in [0, 0.1) is 6.92 Å². The Morgan fingerprint density at radius 3 is 2.54 bits per heavy atom. The molecule has 24 heavy (non-hydrogen) atoms. The van der Waals surface area contributed by atoms with Crippen LogP contribution in [-0.2, 0) is 16.2 Å². The minimum Gasteiger partial charge on any atom is -0.391 e. The van der Waals surface area contributed by atoms with Gasteiger partial charge in [0.15, 0.2) is 0 Å². The van der Waals surface area contributed by atoms with Gasteiger partial charge in [-0.3, -0.25) is 9.63 Å². The Hall–Kier alpha value is -1.47. The maximum atomic E-state index is 12.1. The van der Waals surface area contributed by atoms with Crippen LogP contribution in [0.4, 0.5) is 0 Å². The lowest BCUT2D eigenvalue weighted by Gasteiger charge is -2.27. The Balaban J connectivity index is 0.000000925. The molecule has 2 saturated heterocycles. The summed E-state index contributed by atoms with van der Waals surface area (Å²) in [6.45, 7) is 8.43. The number of hydroxylamine groups is 2. The summed E-state index contributed by atoms with van der Waals surface area (Å²) in [5, 5.41) is 14.3. The monoisotopic (exact) mass is 337 g/mol. The van der Waals surface area contributed by atoms with Crippen molar-refractivity contribution >= 4 is 5.91 Å². The van der Waals surface area contributed by atoms with E-state index in [4.69, 9.17) is 10.6 Å². The van der Waals surface area contributed by atoms with Gasteiger partial charge < -0.3 is 16.2 Å². The van der Waals surface area contributed by atoms with E-state index in [1.165, 1.54) is 5.56 Å². The Kier molecular flexibility index (Phi) is 6.92. The van der Waals surface area contributed by atoms with Crippen LogP contribution in [0.2, 0.25) is 0 Å². The molecule has 6 heteroatoms. The molecule has 2 fully saturated rings. The molecule has 0 saturated carbocycles. The molecule has 6 nitrogen and oxygen atoms in total. The van der Waals surface area contributed by atoms with Gasteiger partial charge in [-0.2, -0.15) is 5.06 Å². The van der Waals surface area contributed by atoms with E-state index in [2.05, 4.69) is 5.32 Å². The summed E-state index contributed by atoms with van der Waals surface area (Å²) in [5.41, 5.74) is 7.68. The molecule has 1 aromatic rings. The van der Waals surface area contributed by atoms with Crippen LogP contribution in [0.1, 0.15) is 39.3 Å². The second-order valence-corrected chi connectivity index (χ2v) is 6.06. The highest BCUT2D eigenvalue weighted by molar-refractivity contribution is 5.86. The van der Waals surface area contributed by atoms with Gasteiger partial charge in [-0.1, -0.05) is 51.1 Å². The predicted octanol–water partition coefficient (Wildman–Crippen LogP) is 1.35. The standard InChI is InChI=1S/C15H21N3O3.C2H6.CH4/c1-9-3-5-11(6-4-9)7-18-12-14(20)17-8-15(12,16)13(21-18)10(2)19;1-2;/h3-6,10,12-13,19H,7-8,16H2,1-2H3,(H,17,20);1-2H3;1H4. The number of amides is 1. The van der Waals surface area contributed by atoms with Crippen LogP contribution in [0.3, 0.4) is 0 Å². The van der Waals surface area contributed by atoms with Crippen LogP contribution < -0.4 is 11.1 Å². The largest absolute Gasteiger partial charge is 0.391 e. The second kappa shape index (κ2) is 8.07. The first-order chi connectivity index (χ1) is 10.9. The van der Waals surface area contributed by atoms with Crippen molar-refractivity contribution < 1.29 is 14.7 Å². The number of aliphatic hydroxyl groups excluding tert-OH is 1. The normalized spacial score (nSPS) is 29.8. The van der Waals surface area contributed by atoms with Crippen molar-refractivity contribution in [2.24, 2.45) is 5.73 Å². The lowest BCUT2D eigenvalue weighted by molar-refractivity contribution is -0.193. The third-order valence-corrected chi connectivity index (χ3v) is 4.29. The minimum absolute atomic E-state index is 0. The smallest absolute Gasteiger partial charge is 0.241 e. The maximum Gasteiger partial charge on any atom is 0.241 e. The van der Waals surface area contributed by atoms with Gasteiger partial charge in [0.1, 0.15) is 12.1 Å². The zero-order chi connectivity index (χ0) is 17.2. The van der Waals surface area contributed by atoms with Crippen molar-refractivity contribution in [3.63, 3.8) is 0 Å². The van der Waals surface area contributed by atoms with Crippen LogP contribution in [0.15, 0.2) is 24.3 Å². The van der Waals surface area contributed by atoms with E-state index in [0.29, 0.717) is 13.1 Å². The molecule has 136 valence electrons. The van der Waals surface area contributed by atoms with Gasteiger partial charge >= 0.3 is 0 Å². The molecule has 2 aliphatic rings. The lowest BCUT2D eigenvalue weighted by atomic mass is 9.86. The molecule has 4 N–H and O–H groups in total. The van der Waals surface area contributed by atoms with Crippen LogP contribution >= 0.6 is 0 Å². The van der Waals surface area contributed by atoms with E-state index < -0.39 is 23.8 Å². The van der Waals surface area contributed by atoms with Gasteiger partial charge in [0, 0.05) is 6.54 Å². The summed E-state index contributed by atoms with van der Waals surface area (Å²) in [6.07, 6.45) is -1.33. The quantitative estimate of drug-likeness (QED) is 0.775. The van der Waals surface area contributed by atoms with E-state index in [-0.39, 0.29) is 13.3 Å². The number of rotatable bonds is 3. The van der Waals surface area contributed by atoms with Crippen LogP contribution in [0.25, 0.3) is 0 Å². The number of carbonyl (C=O) groups is 1. The summed E-state index contributed by atoms with van der Waals surface area (Å²) < 4.78 is 0. The number of carbonyl (C=O) groups excluding carboxylic acids is 1. The fourth-order valence-corrected chi connectivity index (χ4v) is 3.18. The topological polar surface area (TPSA) is 87.8 Å². The highest BCUT2D eigenvalue weighted by atomic mass is 16.7. The zero-order valence-electron chi connectivity index (χ0n) is 14.2. The number of fused-ring (bicyclic) bond motifs is 1. The van der Waals surface area contributed by atoms with Gasteiger partial charge in [-0.25, -0.2) is 0 Å². The Labute approximate surface area is 144 Å². The fourth-order valence-electron chi connectivity index (χ4n) is 3.18. The predicted molar refractivity (Wildman–Crippen MR) is 95.1 cm³/mol. The van der Waals surface area contributed by atoms with Crippen LogP contribution in [0.5, 0.6) is 0 Å². The van der Waals surface area contributed by atoms with Crippen LogP contribution in [-0.4, -0.2) is 46.4 Å². The number of nitrogens with one attached hydrogen (secondary N) is 1. The van der Waals surface area contributed by atoms with E-state index in [1.807, 2.05) is 45.0 Å². The van der Waals surface area contributed by atoms with Crippen molar-refractivity contribution in [1.82, 2.24) is 10.4 Å². The fraction of sp³-hybridized carbons (Fsp3) is 0.611. The SMILES string of the molecule is C.CC.Cc1ccc(CN2OC(C(C)O)C3(N)CNC(=O)C23)cc1. The second-order valence-electron chi connectivity index (χ2n) is 6.06. The average Bonchev–Trinajstić information content (AvgIpc) is 2.99. The molecule has 1 amide bonds. The average molecular weight is 337 g/mol. The summed E-state index contributed by atoms with van der Waals surface area (Å²) in [4.78, 5) is 17.9. The molecule has 4 unspecified atom stereocenters. The van der Waals surface area contributed by atoms with Gasteiger partial charge in [0.25, 0.3) is 0 Å². The number of nitrogens with zero attached hydrogens (tertiary/aromatic N) is 1. The van der Waals surface area contributed by atoms with Crippen molar-refractivity contribution in [3.8, 4) is 0 Å². The Morgan fingerprint density at radius 1 is 1.42 bits per heavy atom. The molecule has 0 spiro atoms.